The molecule has 1 N–H and O–H groups in total. The lowest BCUT2D eigenvalue weighted by Crippen LogP contribution is -2.36. The van der Waals surface area contributed by atoms with Crippen LogP contribution in [0.15, 0.2) is 30.5 Å². The maximum Gasteiger partial charge on any atom is 0.229 e. The number of aryl methyl sites for hydroxylation is 1. The quantitative estimate of drug-likeness (QED) is 0.290. The van der Waals surface area contributed by atoms with E-state index in [2.05, 4.69) is 59.5 Å². The Hall–Kier alpha value is -3.11. The number of imidazole rings is 1. The summed E-state index contributed by atoms with van der Waals surface area (Å²) in [6.45, 7) is 12.7. The zero-order chi connectivity index (χ0) is 30.4. The van der Waals surface area contributed by atoms with E-state index in [1.165, 1.54) is 11.6 Å². The highest BCUT2D eigenvalue weighted by molar-refractivity contribution is 7.15. The number of anilines is 2. The van der Waals surface area contributed by atoms with E-state index in [0.29, 0.717) is 35.9 Å². The fourth-order valence-corrected chi connectivity index (χ4v) is 5.06. The molecule has 9 nitrogen and oxygen atoms in total. The van der Waals surface area contributed by atoms with Gasteiger partial charge in [0.2, 0.25) is 5.95 Å². The topological polar surface area (TPSA) is 84.2 Å². The Kier molecular flexibility index (Phi) is 10.9. The molecule has 12 heteroatoms. The molecule has 0 radical (unpaired) electrons. The van der Waals surface area contributed by atoms with Gasteiger partial charge in [-0.2, -0.15) is 0 Å². The lowest BCUT2D eigenvalue weighted by molar-refractivity contribution is -0.0224. The molecule has 226 valence electrons. The van der Waals surface area contributed by atoms with Crippen LogP contribution in [0.25, 0.3) is 22.3 Å². The minimum Gasteiger partial charge on any atom is -0.377 e. The number of nitrogens with one attached hydrogen (secondary N) is 1. The molecule has 1 atom stereocenters. The molecule has 0 bridgehead atoms. The SMILES string of the molecule is CC.CP.Cc1nc2c(F)cc(-c3nc(Nc4ccc5c(n4)CCN(CCN(C)C)C5)ncc3F)cc2n1C1COC1. The van der Waals surface area contributed by atoms with E-state index in [0.717, 1.165) is 44.5 Å². The molecule has 0 saturated carbocycles. The number of aromatic nitrogens is 5. The first kappa shape index (κ1) is 31.8. The first-order valence-corrected chi connectivity index (χ1v) is 15.5. The van der Waals surface area contributed by atoms with Crippen LogP contribution in [0.5, 0.6) is 0 Å². The number of ether oxygens (including phenoxy) is 1. The Labute approximate surface area is 248 Å². The molecule has 2 aliphatic heterocycles. The predicted molar refractivity (Wildman–Crippen MR) is 167 cm³/mol. The summed E-state index contributed by atoms with van der Waals surface area (Å²) in [5.74, 6) is 0.302. The Morgan fingerprint density at radius 1 is 1.07 bits per heavy atom. The molecule has 1 aromatic carbocycles. The van der Waals surface area contributed by atoms with Crippen molar-refractivity contribution in [3.63, 3.8) is 0 Å². The van der Waals surface area contributed by atoms with Gasteiger partial charge < -0.3 is 19.5 Å². The predicted octanol–water partition coefficient (Wildman–Crippen LogP) is 5.23. The van der Waals surface area contributed by atoms with Gasteiger partial charge in [-0.15, -0.1) is 9.24 Å². The normalized spacial score (nSPS) is 14.9. The number of fused-ring (bicyclic) bond motifs is 2. The van der Waals surface area contributed by atoms with E-state index in [9.17, 15) is 4.39 Å². The highest BCUT2D eigenvalue weighted by Gasteiger charge is 2.26. The first-order chi connectivity index (χ1) is 20.4. The van der Waals surface area contributed by atoms with Crippen molar-refractivity contribution < 1.29 is 13.5 Å². The molecule has 1 unspecified atom stereocenters. The molecule has 0 aliphatic carbocycles. The van der Waals surface area contributed by atoms with Gasteiger partial charge in [-0.3, -0.25) is 4.90 Å². The van der Waals surface area contributed by atoms with Gasteiger partial charge in [0, 0.05) is 43.9 Å². The molecular weight excluding hydrogens is 557 g/mol. The number of likely N-dealkylation sites (N-methyl/N-ethyl adjacent to an activating group) is 1. The summed E-state index contributed by atoms with van der Waals surface area (Å²) in [7, 11) is 6.58. The zero-order valence-electron chi connectivity index (χ0n) is 25.3. The molecule has 0 spiro atoms. The van der Waals surface area contributed by atoms with E-state index in [4.69, 9.17) is 9.72 Å². The second kappa shape index (κ2) is 14.4. The summed E-state index contributed by atoms with van der Waals surface area (Å²) in [5, 5.41) is 3.10. The average molecular weight is 599 g/mol. The molecular formula is C30H41F2N8OP. The number of rotatable bonds is 7. The maximum atomic E-state index is 15.1. The van der Waals surface area contributed by atoms with Crippen molar-refractivity contribution in [2.75, 3.05) is 58.9 Å². The molecule has 0 amide bonds. The summed E-state index contributed by atoms with van der Waals surface area (Å²) in [6.07, 6.45) is 1.95. The Balaban J connectivity index is 0.000000972. The molecule has 4 aromatic rings. The van der Waals surface area contributed by atoms with Crippen LogP contribution in [0, 0.1) is 18.6 Å². The fourth-order valence-electron chi connectivity index (χ4n) is 5.06. The third-order valence-corrected chi connectivity index (χ3v) is 7.16. The highest BCUT2D eigenvalue weighted by Crippen LogP contribution is 2.32. The van der Waals surface area contributed by atoms with Gasteiger partial charge in [0.05, 0.1) is 31.0 Å². The van der Waals surface area contributed by atoms with Crippen LogP contribution in [-0.2, 0) is 17.7 Å². The van der Waals surface area contributed by atoms with Crippen molar-refractivity contribution in [1.82, 2.24) is 34.3 Å². The lowest BCUT2D eigenvalue weighted by atomic mass is 10.1. The summed E-state index contributed by atoms with van der Waals surface area (Å²) in [5.41, 5.74) is 3.41. The van der Waals surface area contributed by atoms with Gasteiger partial charge in [0.1, 0.15) is 22.9 Å². The monoisotopic (exact) mass is 598 g/mol. The third-order valence-electron chi connectivity index (χ3n) is 7.16. The summed E-state index contributed by atoms with van der Waals surface area (Å²) in [6, 6.07) is 7.02. The zero-order valence-corrected chi connectivity index (χ0v) is 26.4. The fraction of sp³-hybridized carbons (Fsp3) is 0.467. The second-order valence-electron chi connectivity index (χ2n) is 10.2. The van der Waals surface area contributed by atoms with E-state index < -0.39 is 11.6 Å². The van der Waals surface area contributed by atoms with Gasteiger partial charge in [-0.25, -0.2) is 28.7 Å². The van der Waals surface area contributed by atoms with Crippen LogP contribution in [-0.4, -0.2) is 87.9 Å². The van der Waals surface area contributed by atoms with Gasteiger partial charge in [0.15, 0.2) is 11.6 Å². The van der Waals surface area contributed by atoms with E-state index in [1.54, 1.807) is 6.07 Å². The first-order valence-electron chi connectivity index (χ1n) is 14.3. The van der Waals surface area contributed by atoms with E-state index in [1.807, 2.05) is 38.1 Å². The molecule has 42 heavy (non-hydrogen) atoms. The van der Waals surface area contributed by atoms with Gasteiger partial charge >= 0.3 is 0 Å². The molecule has 2 aliphatic rings. The van der Waals surface area contributed by atoms with Gasteiger partial charge in [0.25, 0.3) is 0 Å². The summed E-state index contributed by atoms with van der Waals surface area (Å²) in [4.78, 5) is 22.3. The number of halogens is 2. The number of benzene rings is 1. The van der Waals surface area contributed by atoms with Crippen LogP contribution < -0.4 is 5.32 Å². The van der Waals surface area contributed by atoms with Crippen LogP contribution in [0.3, 0.4) is 0 Å². The summed E-state index contributed by atoms with van der Waals surface area (Å²) < 4.78 is 37.2. The Morgan fingerprint density at radius 3 is 2.52 bits per heavy atom. The Morgan fingerprint density at radius 2 is 1.83 bits per heavy atom. The van der Waals surface area contributed by atoms with Crippen LogP contribution in [0.4, 0.5) is 20.5 Å². The second-order valence-corrected chi connectivity index (χ2v) is 10.2. The van der Waals surface area contributed by atoms with Crippen molar-refractivity contribution >= 4 is 32.0 Å². The van der Waals surface area contributed by atoms with Crippen molar-refractivity contribution in [2.45, 2.75) is 39.8 Å². The molecule has 1 saturated heterocycles. The highest BCUT2D eigenvalue weighted by atomic mass is 31.0. The average Bonchev–Trinajstić information content (AvgIpc) is 3.30. The number of hydrogen-bond acceptors (Lipinski definition) is 8. The Bertz CT molecular complexity index is 1510. The largest absolute Gasteiger partial charge is 0.377 e. The lowest BCUT2D eigenvalue weighted by Gasteiger charge is -2.29. The van der Waals surface area contributed by atoms with Crippen LogP contribution >= 0.6 is 9.24 Å². The number of nitrogens with zero attached hydrogens (tertiary/aromatic N) is 7. The molecule has 5 heterocycles. The minimum absolute atomic E-state index is 0.00746. The molecule has 1 fully saturated rings. The van der Waals surface area contributed by atoms with Gasteiger partial charge in [-0.05, 0) is 44.8 Å². The van der Waals surface area contributed by atoms with Crippen LogP contribution in [0.1, 0.15) is 37.0 Å². The smallest absolute Gasteiger partial charge is 0.229 e. The number of hydrogen-bond donors (Lipinski definition) is 1. The minimum atomic E-state index is -0.639. The van der Waals surface area contributed by atoms with E-state index >= 15 is 4.39 Å². The van der Waals surface area contributed by atoms with Crippen molar-refractivity contribution in [3.8, 4) is 11.3 Å². The standard InChI is InChI=1S/C27H30F2N8O.C2H6.CH5P/c1-16-31-26-20(28)10-18(11-23(26)37(16)19-14-38-15-19)25-21(29)12-30-27(34-25)33-24-5-4-17-13-36(9-8-35(2)3)7-6-22(17)32-24;2*1-2/h4-5,10-12,19H,6-9,13-15H2,1-3H3,(H,30,32,33,34);1-2H3;2H2,1H3. The molecule has 6 rings (SSSR count). The van der Waals surface area contributed by atoms with Crippen LogP contribution in [0.2, 0.25) is 0 Å². The number of pyridine rings is 1. The van der Waals surface area contributed by atoms with E-state index in [-0.39, 0.29) is 23.2 Å². The van der Waals surface area contributed by atoms with Crippen molar-refractivity contribution in [2.24, 2.45) is 0 Å². The summed E-state index contributed by atoms with van der Waals surface area (Å²) >= 11 is 0. The molecule has 3 aromatic heterocycles. The third kappa shape index (κ3) is 6.92. The van der Waals surface area contributed by atoms with Crippen molar-refractivity contribution in [1.29, 1.82) is 0 Å². The van der Waals surface area contributed by atoms with Crippen molar-refractivity contribution in [3.05, 3.63) is 59.2 Å². The maximum absolute atomic E-state index is 15.1. The van der Waals surface area contributed by atoms with Gasteiger partial charge in [-0.1, -0.05) is 26.6 Å².